The summed E-state index contributed by atoms with van der Waals surface area (Å²) >= 11 is 2.24. The number of ether oxygens (including phenoxy) is 7. The monoisotopic (exact) mass is 1380 g/mol. The number of urea groups is 1. The molecule has 4 heterocycles. The minimum Gasteiger partial charge on any atom is -0.507 e. The van der Waals surface area contributed by atoms with Gasteiger partial charge in [0, 0.05) is 97.2 Å². The topological polar surface area (TPSA) is 387 Å². The second kappa shape index (κ2) is 28.5. The van der Waals surface area contributed by atoms with Crippen LogP contribution in [0.5, 0.6) is 17.2 Å². The lowest BCUT2D eigenvalue weighted by Crippen LogP contribution is -2.55. The van der Waals surface area contributed by atoms with E-state index in [9.17, 15) is 63.3 Å². The first-order valence-electron chi connectivity index (χ1n) is 30.0. The highest BCUT2D eigenvalue weighted by atomic mass is 127. The molecule has 2 unspecified atom stereocenters. The van der Waals surface area contributed by atoms with Gasteiger partial charge in [0.1, 0.15) is 47.6 Å². The zero-order valence-electron chi connectivity index (χ0n) is 51.3. The molecule has 0 radical (unpaired) electrons. The number of halogens is 1. The molecule has 9 rings (SSSR count). The van der Waals surface area contributed by atoms with Crippen molar-refractivity contribution in [1.29, 1.82) is 0 Å². The van der Waals surface area contributed by atoms with E-state index in [1.807, 2.05) is 6.92 Å². The molecule has 2 aliphatic carbocycles. The number of likely N-dealkylation sites (tertiary alicyclic amines) is 1. The molecule has 4 saturated heterocycles. The van der Waals surface area contributed by atoms with E-state index in [0.717, 1.165) is 24.2 Å². The second-order valence-corrected chi connectivity index (χ2v) is 26.0. The summed E-state index contributed by atoms with van der Waals surface area (Å²) in [5, 5.41) is 49.2. The Labute approximate surface area is 537 Å². The number of alkyl halides is 1. The lowest BCUT2D eigenvalue weighted by atomic mass is 9.72. The zero-order chi connectivity index (χ0) is 65.8. The van der Waals surface area contributed by atoms with Crippen LogP contribution in [0.25, 0.3) is 0 Å². The predicted octanol–water partition coefficient (Wildman–Crippen LogP) is 2.50. The van der Waals surface area contributed by atoms with Crippen molar-refractivity contribution in [3.63, 3.8) is 0 Å². The number of fused-ring (bicyclic) bond motifs is 6. The van der Waals surface area contributed by atoms with Crippen LogP contribution in [0.4, 0.5) is 15.3 Å². The molecule has 0 aromatic heterocycles. The number of carbonyl (C=O) groups is 10. The molecule has 91 heavy (non-hydrogen) atoms. The highest BCUT2D eigenvalue weighted by Gasteiger charge is 2.56. The standard InChI is InChI=1S/C61H76IN9O20/c1-8-9-18-60(5,62)36-24-41(73)71(54(36)80)21-17-40(72)65-29(2)52(78)66-30(3)53(79)67-33-15-13-32(14-16-33)28-88-59(83)69-68-58(82)64-20-19-63-57(81)61(84)26-35-44(50(77)46-45(48(35)75)47(74)34-11-10-12-38(85-6)43(34)49(46)76)39(27-61)90-42-25-37-51(31(4)89-42)91-55-56(86-7)87-23-22-70(37)55/h10-16,29-31,36-37,39,42,51,55-56,75,77,84H,8-9,17-28H2,1-7H3,(H,63,81)(H,65,72)(H,66,78)(H,67,79)(H,69,83)(H2,64,68,82)/t29-,30-,31-,36?,37-,39-,42-,51+,55+,56-,60?,61-/m0/s1. The third kappa shape index (κ3) is 14.5. The summed E-state index contributed by atoms with van der Waals surface area (Å²) in [5.74, 6) is -6.92. The summed E-state index contributed by atoms with van der Waals surface area (Å²) in [6.07, 6.45) is -4.24. The second-order valence-electron chi connectivity index (χ2n) is 23.5. The van der Waals surface area contributed by atoms with Crippen LogP contribution in [0.1, 0.15) is 134 Å². The van der Waals surface area contributed by atoms with Crippen LogP contribution in [0.15, 0.2) is 42.5 Å². The van der Waals surface area contributed by atoms with E-state index in [2.05, 4.69) is 71.9 Å². The van der Waals surface area contributed by atoms with Crippen LogP contribution in [0, 0.1) is 5.92 Å². The molecule has 3 aromatic rings. The Morgan fingerprint density at radius 3 is 2.32 bits per heavy atom. The Morgan fingerprint density at radius 2 is 1.60 bits per heavy atom. The van der Waals surface area contributed by atoms with Crippen molar-refractivity contribution in [2.24, 2.45) is 5.92 Å². The summed E-state index contributed by atoms with van der Waals surface area (Å²) in [4.78, 5) is 135. The Morgan fingerprint density at radius 1 is 0.890 bits per heavy atom. The number of nitrogens with zero attached hydrogens (tertiary/aromatic N) is 2. The molecule has 3 aromatic carbocycles. The summed E-state index contributed by atoms with van der Waals surface area (Å²) in [6, 6.07) is 7.19. The van der Waals surface area contributed by atoms with E-state index in [1.165, 1.54) is 58.4 Å². The van der Waals surface area contributed by atoms with Crippen LogP contribution in [-0.4, -0.2) is 189 Å². The number of hydrogen-bond donors (Lipinski definition) is 10. The van der Waals surface area contributed by atoms with E-state index < -0.39 is 147 Å². The van der Waals surface area contributed by atoms with Gasteiger partial charge in [-0.1, -0.05) is 66.6 Å². The molecule has 492 valence electrons. The lowest BCUT2D eigenvalue weighted by molar-refractivity contribution is -0.256. The number of anilines is 1. The zero-order valence-corrected chi connectivity index (χ0v) is 53.4. The molecule has 29 nitrogen and oxygen atoms in total. The average molecular weight is 1380 g/mol. The van der Waals surface area contributed by atoms with E-state index in [1.54, 1.807) is 19.1 Å². The first kappa shape index (κ1) is 67.8. The van der Waals surface area contributed by atoms with Crippen LogP contribution >= 0.6 is 22.6 Å². The Kier molecular flexibility index (Phi) is 21.2. The number of benzene rings is 3. The number of ketones is 2. The number of phenolic OH excluding ortho intramolecular Hbond substituents is 2. The van der Waals surface area contributed by atoms with Crippen molar-refractivity contribution in [3.8, 4) is 17.2 Å². The number of methoxy groups -OCH3 is 2. The number of amides is 9. The third-order valence-electron chi connectivity index (χ3n) is 17.2. The number of aliphatic hydroxyl groups is 1. The maximum absolute atomic E-state index is 14.3. The number of carbonyl (C=O) groups excluding carboxylic acids is 10. The third-order valence-corrected chi connectivity index (χ3v) is 18.5. The van der Waals surface area contributed by atoms with Gasteiger partial charge in [-0.3, -0.25) is 48.2 Å². The first-order valence-corrected chi connectivity index (χ1v) is 31.1. The van der Waals surface area contributed by atoms with Gasteiger partial charge in [0.05, 0.1) is 48.5 Å². The van der Waals surface area contributed by atoms with Gasteiger partial charge in [0.25, 0.3) is 5.91 Å². The van der Waals surface area contributed by atoms with Crippen LogP contribution in [0.3, 0.4) is 0 Å². The highest BCUT2D eigenvalue weighted by Crippen LogP contribution is 2.53. The predicted molar refractivity (Wildman–Crippen MR) is 326 cm³/mol. The van der Waals surface area contributed by atoms with Crippen molar-refractivity contribution in [2.75, 3.05) is 52.3 Å². The molecular formula is C61H76IN9O20. The molecule has 12 atom stereocenters. The molecule has 10 N–H and O–H groups in total. The Bertz CT molecular complexity index is 3350. The maximum Gasteiger partial charge on any atom is 0.426 e. The smallest absolute Gasteiger partial charge is 0.426 e. The summed E-state index contributed by atoms with van der Waals surface area (Å²) in [6.45, 7) is 8.63. The molecule has 0 bridgehead atoms. The first-order chi connectivity index (χ1) is 43.3. The van der Waals surface area contributed by atoms with Gasteiger partial charge in [-0.2, -0.15) is 0 Å². The van der Waals surface area contributed by atoms with Gasteiger partial charge < -0.3 is 75.1 Å². The summed E-state index contributed by atoms with van der Waals surface area (Å²) in [7, 11) is 2.82. The van der Waals surface area contributed by atoms with Gasteiger partial charge in [0.15, 0.2) is 24.6 Å². The molecule has 0 saturated carbocycles. The number of hydrazine groups is 1. The number of rotatable bonds is 22. The molecule has 0 spiro atoms. The molecule has 9 amide bonds. The van der Waals surface area contributed by atoms with E-state index in [4.69, 9.17) is 33.2 Å². The minimum atomic E-state index is -2.40. The average Bonchev–Trinajstić information content (AvgIpc) is 1.34. The van der Waals surface area contributed by atoms with Gasteiger partial charge in [0.2, 0.25) is 35.3 Å². The molecular weight excluding hydrogens is 1310 g/mol. The van der Waals surface area contributed by atoms with E-state index in [0.29, 0.717) is 24.4 Å². The minimum absolute atomic E-state index is 0.0565. The number of aromatic hydroxyl groups is 2. The van der Waals surface area contributed by atoms with Crippen LogP contribution in [-0.2, 0) is 70.2 Å². The van der Waals surface area contributed by atoms with Gasteiger partial charge in [-0.15, -0.1) is 0 Å². The normalized spacial score (nSPS) is 25.4. The Balaban J connectivity index is 0.727. The van der Waals surface area contributed by atoms with E-state index in [-0.39, 0.29) is 91.4 Å². The highest BCUT2D eigenvalue weighted by molar-refractivity contribution is 14.1. The quantitative estimate of drug-likeness (QED) is 0.0135. The van der Waals surface area contributed by atoms with Crippen LogP contribution < -0.4 is 42.2 Å². The number of nitrogens with one attached hydrogen (secondary N) is 7. The van der Waals surface area contributed by atoms with E-state index >= 15 is 0 Å². The number of unbranched alkanes of at least 4 members (excludes halogenated alkanes) is 1. The maximum atomic E-state index is 14.3. The Hall–Kier alpha value is -7.59. The fourth-order valence-corrected chi connectivity index (χ4v) is 13.2. The largest absolute Gasteiger partial charge is 0.507 e. The number of morpholine rings is 1. The molecule has 4 fully saturated rings. The number of phenols is 2. The SMILES string of the molecule is CCCCC(C)(I)C1CC(=O)N(CCC(=O)N[C@@H](C)C(=O)N[C@@H](C)C(=O)Nc2ccc(COC(=O)NNC(=O)NCCNC(=O)[C@]3(O)Cc4c(O)c5c(c(O)c4[C@@H](O[C@H]4C[C@H]6[C@H](O[C@@H]7[C@@H](OC)OCCN76)[C@H](C)O4)C3)C(=O)c3c(OC)cccc3C5=O)cc2)C1=O. The van der Waals surface area contributed by atoms with Crippen molar-refractivity contribution < 1.29 is 96.4 Å². The van der Waals surface area contributed by atoms with Gasteiger partial charge >= 0.3 is 12.1 Å². The van der Waals surface area contributed by atoms with Gasteiger partial charge in [-0.25, -0.2) is 20.4 Å². The summed E-state index contributed by atoms with van der Waals surface area (Å²) in [5.41, 5.74) is 0.951. The molecule has 6 aliphatic rings. The number of hydrogen-bond acceptors (Lipinski definition) is 21. The van der Waals surface area contributed by atoms with Crippen molar-refractivity contribution in [2.45, 2.75) is 157 Å². The van der Waals surface area contributed by atoms with Crippen molar-refractivity contribution in [1.82, 2.24) is 41.9 Å². The summed E-state index contributed by atoms with van der Waals surface area (Å²) < 4.78 is 40.7. The van der Waals surface area contributed by atoms with Crippen molar-refractivity contribution in [3.05, 3.63) is 81.4 Å². The lowest BCUT2D eigenvalue weighted by Gasteiger charge is -2.43. The number of imide groups is 1. The fourth-order valence-electron chi connectivity index (χ4n) is 12.4. The van der Waals surface area contributed by atoms with Gasteiger partial charge in [-0.05, 0) is 57.9 Å². The fraction of sp³-hybridized carbons (Fsp3) is 0.541. The molecule has 4 aliphatic heterocycles. The van der Waals surface area contributed by atoms with Crippen molar-refractivity contribution >= 4 is 87.4 Å². The van der Waals surface area contributed by atoms with Crippen LogP contribution in [0.2, 0.25) is 0 Å². The molecule has 30 heteroatoms.